The molecule has 2 N–H and O–H groups in total. The van der Waals surface area contributed by atoms with E-state index in [-0.39, 0.29) is 6.04 Å². The minimum atomic E-state index is 0.0852. The number of hydrogen-bond acceptors (Lipinski definition) is 3. The van der Waals surface area contributed by atoms with E-state index in [1.165, 1.54) is 16.8 Å². The van der Waals surface area contributed by atoms with E-state index < -0.39 is 0 Å². The van der Waals surface area contributed by atoms with Crippen LogP contribution in [-0.2, 0) is 25.9 Å². The summed E-state index contributed by atoms with van der Waals surface area (Å²) in [5.74, 6) is 0. The Morgan fingerprint density at radius 2 is 1.95 bits per heavy atom. The highest BCUT2D eigenvalue weighted by Crippen LogP contribution is 2.25. The van der Waals surface area contributed by atoms with Crippen LogP contribution < -0.4 is 5.73 Å². The summed E-state index contributed by atoms with van der Waals surface area (Å²) in [7, 11) is 0. The van der Waals surface area contributed by atoms with E-state index >= 15 is 0 Å². The van der Waals surface area contributed by atoms with Crippen LogP contribution in [0.1, 0.15) is 62.7 Å². The summed E-state index contributed by atoms with van der Waals surface area (Å²) in [4.78, 5) is 0. The summed E-state index contributed by atoms with van der Waals surface area (Å²) in [6.45, 7) is 10.2. The van der Waals surface area contributed by atoms with Crippen LogP contribution in [0.4, 0.5) is 0 Å². The Bertz CT molecular complexity index is 582. The van der Waals surface area contributed by atoms with Crippen molar-refractivity contribution in [3.63, 3.8) is 0 Å². The smallest absolute Gasteiger partial charge is 0.0693 e. The first kappa shape index (κ1) is 15.8. The Morgan fingerprint density at radius 3 is 2.48 bits per heavy atom. The molecule has 2 aromatic rings. The summed E-state index contributed by atoms with van der Waals surface area (Å²) in [5.41, 5.74) is 11.2. The van der Waals surface area contributed by atoms with Gasteiger partial charge in [0.05, 0.1) is 18.4 Å². The Morgan fingerprint density at radius 1 is 1.19 bits per heavy atom. The van der Waals surface area contributed by atoms with Gasteiger partial charge in [-0.3, -0.25) is 9.36 Å². The topological polar surface area (TPSA) is 61.7 Å². The molecule has 0 aromatic carbocycles. The van der Waals surface area contributed by atoms with E-state index in [1.807, 2.05) is 10.9 Å². The highest BCUT2D eigenvalue weighted by Gasteiger charge is 2.20. The fourth-order valence-electron chi connectivity index (χ4n) is 2.80. The first-order chi connectivity index (χ1) is 10.1. The summed E-state index contributed by atoms with van der Waals surface area (Å²) in [6.07, 6.45) is 6.84. The van der Waals surface area contributed by atoms with E-state index in [9.17, 15) is 0 Å². The lowest BCUT2D eigenvalue weighted by Crippen LogP contribution is -2.13. The fraction of sp³-hybridized carbons (Fsp3) is 0.625. The maximum absolute atomic E-state index is 6.31. The van der Waals surface area contributed by atoms with Gasteiger partial charge in [-0.25, -0.2) is 0 Å². The highest BCUT2D eigenvalue weighted by molar-refractivity contribution is 5.30. The molecule has 0 bridgehead atoms. The van der Waals surface area contributed by atoms with Crippen LogP contribution in [0, 0.1) is 0 Å². The molecule has 0 radical (unpaired) electrons. The standard InChI is InChI=1S/C16H27N5/c1-5-13(17)16-14(6-2)19-21(15(16)7-3)11-12-9-18-20(8-4)10-12/h9-10,13H,5-8,11,17H2,1-4H3. The molecular weight excluding hydrogens is 262 g/mol. The monoisotopic (exact) mass is 289 g/mol. The summed E-state index contributed by atoms with van der Waals surface area (Å²) >= 11 is 0. The molecule has 0 aliphatic heterocycles. The van der Waals surface area contributed by atoms with Gasteiger partial charge in [0.25, 0.3) is 0 Å². The first-order valence-electron chi connectivity index (χ1n) is 7.99. The molecule has 5 heteroatoms. The molecule has 21 heavy (non-hydrogen) atoms. The third-order valence-electron chi connectivity index (χ3n) is 4.00. The van der Waals surface area contributed by atoms with Crippen molar-refractivity contribution in [2.75, 3.05) is 0 Å². The van der Waals surface area contributed by atoms with Gasteiger partial charge in [-0.05, 0) is 26.2 Å². The normalized spacial score (nSPS) is 12.8. The molecule has 0 saturated heterocycles. The number of hydrogen-bond donors (Lipinski definition) is 1. The fourth-order valence-corrected chi connectivity index (χ4v) is 2.80. The SMILES string of the molecule is CCc1nn(Cc2cnn(CC)c2)c(CC)c1C(N)CC. The lowest BCUT2D eigenvalue weighted by atomic mass is 10.00. The Labute approximate surface area is 127 Å². The molecule has 0 saturated carbocycles. The van der Waals surface area contributed by atoms with Gasteiger partial charge >= 0.3 is 0 Å². The number of nitrogens with zero attached hydrogens (tertiary/aromatic N) is 4. The molecular formula is C16H27N5. The van der Waals surface area contributed by atoms with Gasteiger partial charge in [0.15, 0.2) is 0 Å². The molecule has 0 aliphatic rings. The van der Waals surface area contributed by atoms with Crippen LogP contribution in [0.3, 0.4) is 0 Å². The summed E-state index contributed by atoms with van der Waals surface area (Å²) < 4.78 is 4.06. The van der Waals surface area contributed by atoms with Crippen molar-refractivity contribution in [2.45, 2.75) is 66.1 Å². The maximum Gasteiger partial charge on any atom is 0.0693 e. The van der Waals surface area contributed by atoms with Crippen LogP contribution in [-0.4, -0.2) is 19.6 Å². The van der Waals surface area contributed by atoms with Crippen molar-refractivity contribution in [3.05, 3.63) is 34.9 Å². The second-order valence-electron chi connectivity index (χ2n) is 5.39. The summed E-state index contributed by atoms with van der Waals surface area (Å²) in [5, 5.41) is 9.14. The molecule has 1 atom stereocenters. The average molecular weight is 289 g/mol. The van der Waals surface area contributed by atoms with Crippen molar-refractivity contribution in [1.29, 1.82) is 0 Å². The lowest BCUT2D eigenvalue weighted by Gasteiger charge is -2.12. The Balaban J connectivity index is 2.36. The number of nitrogens with two attached hydrogens (primary N) is 1. The van der Waals surface area contributed by atoms with Gasteiger partial charge in [-0.1, -0.05) is 20.8 Å². The Hall–Kier alpha value is -1.62. The zero-order valence-corrected chi connectivity index (χ0v) is 13.6. The third-order valence-corrected chi connectivity index (χ3v) is 4.00. The molecule has 1 unspecified atom stereocenters. The highest BCUT2D eigenvalue weighted by atomic mass is 15.3. The minimum Gasteiger partial charge on any atom is -0.324 e. The molecule has 5 nitrogen and oxygen atoms in total. The van der Waals surface area contributed by atoms with E-state index in [1.54, 1.807) is 0 Å². The van der Waals surface area contributed by atoms with Crippen molar-refractivity contribution in [2.24, 2.45) is 5.73 Å². The largest absolute Gasteiger partial charge is 0.324 e. The van der Waals surface area contributed by atoms with Crippen LogP contribution in [0.15, 0.2) is 12.4 Å². The van der Waals surface area contributed by atoms with E-state index in [4.69, 9.17) is 10.8 Å². The maximum atomic E-state index is 6.31. The van der Waals surface area contributed by atoms with Crippen LogP contribution in [0.5, 0.6) is 0 Å². The zero-order chi connectivity index (χ0) is 15.4. The van der Waals surface area contributed by atoms with Crippen molar-refractivity contribution in [3.8, 4) is 0 Å². The van der Waals surface area contributed by atoms with Gasteiger partial charge in [0.1, 0.15) is 0 Å². The molecule has 2 heterocycles. The van der Waals surface area contributed by atoms with Crippen LogP contribution in [0.25, 0.3) is 0 Å². The molecule has 2 rings (SSSR count). The molecule has 2 aromatic heterocycles. The van der Waals surface area contributed by atoms with E-state index in [2.05, 4.69) is 43.7 Å². The molecule has 0 fully saturated rings. The number of rotatable bonds is 7. The van der Waals surface area contributed by atoms with E-state index in [0.717, 1.165) is 38.0 Å². The second-order valence-corrected chi connectivity index (χ2v) is 5.39. The summed E-state index contributed by atoms with van der Waals surface area (Å²) in [6, 6.07) is 0.0852. The molecule has 0 spiro atoms. The Kier molecular flexibility index (Phi) is 5.17. The van der Waals surface area contributed by atoms with Gasteiger partial charge in [0, 0.05) is 35.6 Å². The minimum absolute atomic E-state index is 0.0852. The lowest BCUT2D eigenvalue weighted by molar-refractivity contribution is 0.629. The number of aryl methyl sites for hydroxylation is 2. The van der Waals surface area contributed by atoms with Crippen molar-refractivity contribution in [1.82, 2.24) is 19.6 Å². The predicted octanol–water partition coefficient (Wildman–Crippen LogP) is 2.68. The predicted molar refractivity (Wildman–Crippen MR) is 85.2 cm³/mol. The van der Waals surface area contributed by atoms with Gasteiger partial charge in [-0.2, -0.15) is 10.2 Å². The third kappa shape index (κ3) is 3.18. The van der Waals surface area contributed by atoms with Crippen LogP contribution >= 0.6 is 0 Å². The zero-order valence-electron chi connectivity index (χ0n) is 13.6. The average Bonchev–Trinajstić information content (AvgIpc) is 3.10. The first-order valence-corrected chi connectivity index (χ1v) is 7.99. The van der Waals surface area contributed by atoms with E-state index in [0.29, 0.717) is 0 Å². The van der Waals surface area contributed by atoms with Crippen molar-refractivity contribution < 1.29 is 0 Å². The quantitative estimate of drug-likeness (QED) is 0.852. The van der Waals surface area contributed by atoms with Crippen LogP contribution in [0.2, 0.25) is 0 Å². The number of aromatic nitrogens is 4. The van der Waals surface area contributed by atoms with Crippen molar-refractivity contribution >= 4 is 0 Å². The van der Waals surface area contributed by atoms with Gasteiger partial charge < -0.3 is 5.73 Å². The van der Waals surface area contributed by atoms with Gasteiger partial charge in [0.2, 0.25) is 0 Å². The molecule has 116 valence electrons. The molecule has 0 aliphatic carbocycles. The molecule has 0 amide bonds. The van der Waals surface area contributed by atoms with Gasteiger partial charge in [-0.15, -0.1) is 0 Å². The second kappa shape index (κ2) is 6.89.